The molecule has 1 aliphatic carbocycles. The van der Waals surface area contributed by atoms with E-state index in [-0.39, 0.29) is 17.5 Å². The van der Waals surface area contributed by atoms with Crippen molar-refractivity contribution in [3.8, 4) is 12.3 Å². The van der Waals surface area contributed by atoms with Crippen molar-refractivity contribution in [2.75, 3.05) is 24.6 Å². The summed E-state index contributed by atoms with van der Waals surface area (Å²) < 4.78 is 23.2. The predicted octanol–water partition coefficient (Wildman–Crippen LogP) is 1.05. The second kappa shape index (κ2) is 6.05. The van der Waals surface area contributed by atoms with E-state index in [0.29, 0.717) is 25.4 Å². The number of hydrogen-bond acceptors (Lipinski definition) is 4. The molecule has 0 spiro atoms. The van der Waals surface area contributed by atoms with Crippen molar-refractivity contribution >= 4 is 9.84 Å². The summed E-state index contributed by atoms with van der Waals surface area (Å²) in [6.07, 6.45) is 9.68. The molecule has 0 bridgehead atoms. The summed E-state index contributed by atoms with van der Waals surface area (Å²) in [4.78, 5) is 2.00. The molecule has 20 heavy (non-hydrogen) atoms. The molecule has 0 aromatic rings. The Morgan fingerprint density at radius 2 is 2.00 bits per heavy atom. The van der Waals surface area contributed by atoms with Gasteiger partial charge in [-0.2, -0.15) is 0 Å². The molecule has 4 nitrogen and oxygen atoms in total. The van der Waals surface area contributed by atoms with E-state index in [1.807, 2.05) is 4.90 Å². The lowest BCUT2D eigenvalue weighted by molar-refractivity contribution is -0.0389. The van der Waals surface area contributed by atoms with E-state index < -0.39 is 15.4 Å². The first-order valence-electron chi connectivity index (χ1n) is 7.44. The summed E-state index contributed by atoms with van der Waals surface area (Å²) in [5.74, 6) is 3.70. The van der Waals surface area contributed by atoms with Gasteiger partial charge in [0.1, 0.15) is 0 Å². The molecule has 1 aliphatic heterocycles. The fourth-order valence-corrected chi connectivity index (χ4v) is 5.09. The first kappa shape index (κ1) is 15.8. The van der Waals surface area contributed by atoms with Crippen molar-refractivity contribution in [2.45, 2.75) is 50.7 Å². The highest BCUT2D eigenvalue weighted by Gasteiger charge is 2.38. The molecule has 5 heteroatoms. The van der Waals surface area contributed by atoms with Gasteiger partial charge in [-0.15, -0.1) is 6.42 Å². The molecule has 1 heterocycles. The van der Waals surface area contributed by atoms with Gasteiger partial charge < -0.3 is 5.11 Å². The Morgan fingerprint density at radius 1 is 1.35 bits per heavy atom. The smallest absolute Gasteiger partial charge is 0.151 e. The van der Waals surface area contributed by atoms with E-state index in [9.17, 15) is 13.5 Å². The predicted molar refractivity (Wildman–Crippen MR) is 80.0 cm³/mol. The van der Waals surface area contributed by atoms with Crippen LogP contribution in [0.2, 0.25) is 0 Å². The maximum atomic E-state index is 11.6. The first-order chi connectivity index (χ1) is 9.34. The molecule has 1 atom stereocenters. The third-order valence-corrected chi connectivity index (χ3v) is 6.47. The topological polar surface area (TPSA) is 57.6 Å². The lowest BCUT2D eigenvalue weighted by Gasteiger charge is -2.40. The molecule has 0 aromatic carbocycles. The van der Waals surface area contributed by atoms with Gasteiger partial charge in [0.15, 0.2) is 9.84 Å². The normalized spacial score (nSPS) is 36.9. The lowest BCUT2D eigenvalue weighted by atomic mass is 9.79. The molecule has 0 aromatic heterocycles. The van der Waals surface area contributed by atoms with Crippen LogP contribution >= 0.6 is 0 Å². The molecule has 0 amide bonds. The zero-order chi connectivity index (χ0) is 14.8. The summed E-state index contributed by atoms with van der Waals surface area (Å²) in [7, 11) is -2.92. The number of rotatable bonds is 4. The first-order valence-corrected chi connectivity index (χ1v) is 9.26. The quantitative estimate of drug-likeness (QED) is 0.788. The van der Waals surface area contributed by atoms with Crippen LogP contribution in [0.3, 0.4) is 0 Å². The van der Waals surface area contributed by atoms with Gasteiger partial charge in [-0.05, 0) is 38.0 Å². The average Bonchev–Trinajstić information content (AvgIpc) is 2.73. The molecule has 0 radical (unpaired) electrons. The van der Waals surface area contributed by atoms with Crippen LogP contribution in [0.25, 0.3) is 0 Å². The minimum atomic E-state index is -2.92. The van der Waals surface area contributed by atoms with Gasteiger partial charge in [0.05, 0.1) is 23.7 Å². The van der Waals surface area contributed by atoms with Crippen molar-refractivity contribution in [3.63, 3.8) is 0 Å². The Hall–Kier alpha value is -0.570. The van der Waals surface area contributed by atoms with Crippen LogP contribution in [-0.4, -0.2) is 54.7 Å². The van der Waals surface area contributed by atoms with Crippen LogP contribution in [0.1, 0.15) is 39.0 Å². The van der Waals surface area contributed by atoms with Crippen LogP contribution in [0.15, 0.2) is 0 Å². The Balaban J connectivity index is 2.01. The van der Waals surface area contributed by atoms with Gasteiger partial charge in [-0.3, -0.25) is 4.90 Å². The Bertz CT molecular complexity index is 472. The van der Waals surface area contributed by atoms with Gasteiger partial charge in [-0.25, -0.2) is 8.42 Å². The lowest BCUT2D eigenvalue weighted by Crippen LogP contribution is -2.49. The van der Waals surface area contributed by atoms with Crippen LogP contribution in [0, 0.1) is 18.3 Å². The van der Waals surface area contributed by atoms with Gasteiger partial charge in [-0.1, -0.05) is 12.8 Å². The zero-order valence-corrected chi connectivity index (χ0v) is 13.0. The fraction of sp³-hybridized carbons (Fsp3) is 0.867. The highest BCUT2D eigenvalue weighted by Crippen LogP contribution is 2.33. The molecule has 114 valence electrons. The van der Waals surface area contributed by atoms with Crippen molar-refractivity contribution < 1.29 is 13.5 Å². The summed E-state index contributed by atoms with van der Waals surface area (Å²) in [5.41, 5.74) is -0.699. The third kappa shape index (κ3) is 3.97. The van der Waals surface area contributed by atoms with Crippen LogP contribution < -0.4 is 0 Å². The minimum absolute atomic E-state index is 0.0283. The van der Waals surface area contributed by atoms with E-state index in [4.69, 9.17) is 6.42 Å². The van der Waals surface area contributed by atoms with Gasteiger partial charge in [0.2, 0.25) is 0 Å². The number of aliphatic hydroxyl groups is 1. The SMILES string of the molecule is C#CCN(CC1(O)CCC(C)CC1)C1CCS(=O)(=O)C1. The minimum Gasteiger partial charge on any atom is -0.389 e. The van der Waals surface area contributed by atoms with Crippen LogP contribution in [-0.2, 0) is 9.84 Å². The molecular weight excluding hydrogens is 274 g/mol. The van der Waals surface area contributed by atoms with Crippen molar-refractivity contribution in [2.24, 2.45) is 5.92 Å². The average molecular weight is 299 g/mol. The maximum Gasteiger partial charge on any atom is 0.151 e. The molecule has 1 unspecified atom stereocenters. The molecule has 2 fully saturated rings. The number of hydrogen-bond donors (Lipinski definition) is 1. The summed E-state index contributed by atoms with van der Waals surface area (Å²) in [5, 5.41) is 10.7. The Kier molecular flexibility index (Phi) is 4.78. The summed E-state index contributed by atoms with van der Waals surface area (Å²) in [6.45, 7) is 3.13. The van der Waals surface area contributed by atoms with Crippen molar-refractivity contribution in [1.29, 1.82) is 0 Å². The standard InChI is InChI=1S/C15H25NO3S/c1-3-9-16(14-6-10-20(18,19)11-14)12-15(17)7-4-13(2)5-8-15/h1,13-14,17H,4-12H2,2H3. The van der Waals surface area contributed by atoms with E-state index in [1.165, 1.54) is 0 Å². The highest BCUT2D eigenvalue weighted by molar-refractivity contribution is 7.91. The molecule has 2 rings (SSSR count). The van der Waals surface area contributed by atoms with E-state index >= 15 is 0 Å². The van der Waals surface area contributed by atoms with Gasteiger partial charge in [0.25, 0.3) is 0 Å². The van der Waals surface area contributed by atoms with Crippen molar-refractivity contribution in [1.82, 2.24) is 4.90 Å². The number of nitrogens with zero attached hydrogens (tertiary/aromatic N) is 1. The summed E-state index contributed by atoms with van der Waals surface area (Å²) >= 11 is 0. The monoisotopic (exact) mass is 299 g/mol. The molecule has 1 N–H and O–H groups in total. The Morgan fingerprint density at radius 3 is 2.50 bits per heavy atom. The van der Waals surface area contributed by atoms with E-state index in [0.717, 1.165) is 25.7 Å². The molecule has 1 saturated carbocycles. The second-order valence-electron chi connectivity index (χ2n) is 6.57. The van der Waals surface area contributed by atoms with Crippen LogP contribution in [0.5, 0.6) is 0 Å². The number of sulfone groups is 1. The van der Waals surface area contributed by atoms with Gasteiger partial charge in [0, 0.05) is 12.6 Å². The molecule has 2 aliphatic rings. The van der Waals surface area contributed by atoms with Crippen LogP contribution in [0.4, 0.5) is 0 Å². The highest BCUT2D eigenvalue weighted by atomic mass is 32.2. The summed E-state index contributed by atoms with van der Waals surface area (Å²) in [6, 6.07) is -0.0283. The van der Waals surface area contributed by atoms with Crippen molar-refractivity contribution in [3.05, 3.63) is 0 Å². The Labute approximate surface area is 122 Å². The molecular formula is C15H25NO3S. The third-order valence-electron chi connectivity index (χ3n) is 4.72. The maximum absolute atomic E-state index is 11.6. The van der Waals surface area contributed by atoms with E-state index in [2.05, 4.69) is 12.8 Å². The molecule has 1 saturated heterocycles. The zero-order valence-electron chi connectivity index (χ0n) is 12.2. The second-order valence-corrected chi connectivity index (χ2v) is 8.80. The largest absolute Gasteiger partial charge is 0.389 e. The van der Waals surface area contributed by atoms with Gasteiger partial charge >= 0.3 is 0 Å². The fourth-order valence-electron chi connectivity index (χ4n) is 3.33. The van der Waals surface area contributed by atoms with E-state index in [1.54, 1.807) is 0 Å². The number of terminal acetylenes is 1.